The molecule has 0 aliphatic heterocycles. The van der Waals surface area contributed by atoms with Crippen molar-refractivity contribution >= 4 is 17.8 Å². The zero-order valence-electron chi connectivity index (χ0n) is 13.9. The molecule has 130 valence electrons. The van der Waals surface area contributed by atoms with Crippen molar-refractivity contribution in [1.29, 1.82) is 0 Å². The van der Waals surface area contributed by atoms with E-state index < -0.39 is 17.9 Å². The van der Waals surface area contributed by atoms with Gasteiger partial charge >= 0.3 is 5.97 Å². The molecular formula is C18H24N2O4. The fraction of sp³-hybridized carbons (Fsp3) is 0.500. The van der Waals surface area contributed by atoms with Gasteiger partial charge < -0.3 is 15.8 Å². The molecule has 2 amide bonds. The van der Waals surface area contributed by atoms with Crippen molar-refractivity contribution in [1.82, 2.24) is 5.32 Å². The van der Waals surface area contributed by atoms with E-state index in [0.717, 1.165) is 25.7 Å². The Morgan fingerprint density at radius 2 is 1.96 bits per heavy atom. The van der Waals surface area contributed by atoms with Crippen molar-refractivity contribution < 1.29 is 19.1 Å². The number of hydrogen-bond donors (Lipinski definition) is 2. The van der Waals surface area contributed by atoms with Crippen LogP contribution in [0, 0.1) is 5.92 Å². The molecule has 24 heavy (non-hydrogen) atoms. The SMILES string of the molecule is CC(NC(=O)C1CCCCC1)C(=O)OCc1cccc(C(N)=O)c1. The summed E-state index contributed by atoms with van der Waals surface area (Å²) in [6.45, 7) is 1.65. The molecule has 0 spiro atoms. The van der Waals surface area contributed by atoms with Gasteiger partial charge in [0.15, 0.2) is 0 Å². The highest BCUT2D eigenvalue weighted by molar-refractivity contribution is 5.92. The lowest BCUT2D eigenvalue weighted by atomic mass is 9.88. The van der Waals surface area contributed by atoms with Crippen LogP contribution in [0.4, 0.5) is 0 Å². The maximum atomic E-state index is 12.1. The number of nitrogens with one attached hydrogen (secondary N) is 1. The van der Waals surface area contributed by atoms with E-state index in [1.54, 1.807) is 31.2 Å². The van der Waals surface area contributed by atoms with Crippen LogP contribution in [0.15, 0.2) is 24.3 Å². The Labute approximate surface area is 141 Å². The molecule has 0 aromatic heterocycles. The average Bonchev–Trinajstić information content (AvgIpc) is 2.60. The normalized spacial score (nSPS) is 16.2. The highest BCUT2D eigenvalue weighted by Crippen LogP contribution is 2.23. The molecule has 0 bridgehead atoms. The van der Waals surface area contributed by atoms with Gasteiger partial charge in [-0.25, -0.2) is 4.79 Å². The fourth-order valence-corrected chi connectivity index (χ4v) is 2.85. The minimum absolute atomic E-state index is 0.00116. The molecule has 1 fully saturated rings. The highest BCUT2D eigenvalue weighted by atomic mass is 16.5. The van der Waals surface area contributed by atoms with E-state index in [-0.39, 0.29) is 18.4 Å². The number of rotatable bonds is 6. The molecule has 1 saturated carbocycles. The number of primary amides is 1. The lowest BCUT2D eigenvalue weighted by molar-refractivity contribution is -0.149. The molecule has 1 aromatic rings. The van der Waals surface area contributed by atoms with Crippen LogP contribution in [0.3, 0.4) is 0 Å². The minimum atomic E-state index is -0.696. The zero-order chi connectivity index (χ0) is 17.5. The first kappa shape index (κ1) is 18.0. The van der Waals surface area contributed by atoms with E-state index in [0.29, 0.717) is 11.1 Å². The molecule has 1 aliphatic rings. The Morgan fingerprint density at radius 1 is 1.25 bits per heavy atom. The second-order valence-electron chi connectivity index (χ2n) is 6.24. The predicted molar refractivity (Wildman–Crippen MR) is 88.9 cm³/mol. The Hall–Kier alpha value is -2.37. The van der Waals surface area contributed by atoms with E-state index in [4.69, 9.17) is 10.5 Å². The molecule has 0 radical (unpaired) electrons. The molecule has 2 rings (SSSR count). The summed E-state index contributed by atoms with van der Waals surface area (Å²) < 4.78 is 5.21. The van der Waals surface area contributed by atoms with Gasteiger partial charge in [0.05, 0.1) is 0 Å². The largest absolute Gasteiger partial charge is 0.459 e. The lowest BCUT2D eigenvalue weighted by Gasteiger charge is -2.22. The molecule has 6 heteroatoms. The summed E-state index contributed by atoms with van der Waals surface area (Å²) in [5.74, 6) is -1.10. The Kier molecular flexibility index (Phi) is 6.35. The van der Waals surface area contributed by atoms with Gasteiger partial charge in [0.1, 0.15) is 12.6 Å². The third kappa shape index (κ3) is 5.08. The maximum Gasteiger partial charge on any atom is 0.328 e. The number of nitrogens with two attached hydrogens (primary N) is 1. The molecule has 3 N–H and O–H groups in total. The summed E-state index contributed by atoms with van der Waals surface area (Å²) in [7, 11) is 0. The van der Waals surface area contributed by atoms with E-state index in [9.17, 15) is 14.4 Å². The minimum Gasteiger partial charge on any atom is -0.459 e. The summed E-state index contributed by atoms with van der Waals surface area (Å²) >= 11 is 0. The quantitative estimate of drug-likeness (QED) is 0.777. The molecule has 1 aromatic carbocycles. The van der Waals surface area contributed by atoms with Crippen LogP contribution in [0.25, 0.3) is 0 Å². The third-order valence-corrected chi connectivity index (χ3v) is 4.28. The summed E-state index contributed by atoms with van der Waals surface area (Å²) in [4.78, 5) is 35.3. The fourth-order valence-electron chi connectivity index (χ4n) is 2.85. The topological polar surface area (TPSA) is 98.5 Å². The summed E-state index contributed by atoms with van der Waals surface area (Å²) in [5.41, 5.74) is 6.25. The van der Waals surface area contributed by atoms with Crippen molar-refractivity contribution in [2.75, 3.05) is 0 Å². The molecule has 0 heterocycles. The Balaban J connectivity index is 1.82. The summed E-state index contributed by atoms with van der Waals surface area (Å²) in [6.07, 6.45) is 5.06. The smallest absolute Gasteiger partial charge is 0.328 e. The maximum absolute atomic E-state index is 12.1. The number of ether oxygens (including phenoxy) is 1. The highest BCUT2D eigenvalue weighted by Gasteiger charge is 2.24. The Bertz CT molecular complexity index is 609. The van der Waals surface area contributed by atoms with Crippen LogP contribution in [0.2, 0.25) is 0 Å². The monoisotopic (exact) mass is 332 g/mol. The van der Waals surface area contributed by atoms with Crippen molar-refractivity contribution in [3.05, 3.63) is 35.4 Å². The van der Waals surface area contributed by atoms with Gasteiger partial charge in [-0.2, -0.15) is 0 Å². The van der Waals surface area contributed by atoms with Gasteiger partial charge in [0.2, 0.25) is 11.8 Å². The molecule has 0 saturated heterocycles. The number of benzene rings is 1. The molecule has 1 unspecified atom stereocenters. The number of carbonyl (C=O) groups excluding carboxylic acids is 3. The first-order valence-electron chi connectivity index (χ1n) is 8.33. The van der Waals surface area contributed by atoms with Crippen LogP contribution in [0.5, 0.6) is 0 Å². The number of carbonyl (C=O) groups is 3. The van der Waals surface area contributed by atoms with E-state index >= 15 is 0 Å². The lowest BCUT2D eigenvalue weighted by Crippen LogP contribution is -2.43. The van der Waals surface area contributed by atoms with Gasteiger partial charge in [-0.3, -0.25) is 9.59 Å². The van der Waals surface area contributed by atoms with Gasteiger partial charge in [-0.15, -0.1) is 0 Å². The molecular weight excluding hydrogens is 308 g/mol. The predicted octanol–water partition coefficient (Wildman–Crippen LogP) is 1.91. The van der Waals surface area contributed by atoms with Crippen LogP contribution < -0.4 is 11.1 Å². The summed E-state index contributed by atoms with van der Waals surface area (Å²) in [5, 5.41) is 2.73. The second-order valence-corrected chi connectivity index (χ2v) is 6.24. The molecule has 1 aliphatic carbocycles. The van der Waals surface area contributed by atoms with Crippen LogP contribution in [0.1, 0.15) is 54.9 Å². The van der Waals surface area contributed by atoms with Gasteiger partial charge in [-0.1, -0.05) is 31.4 Å². The first-order chi connectivity index (χ1) is 11.5. The van der Waals surface area contributed by atoms with Crippen molar-refractivity contribution in [3.8, 4) is 0 Å². The van der Waals surface area contributed by atoms with Crippen molar-refractivity contribution in [2.24, 2.45) is 11.7 Å². The van der Waals surface area contributed by atoms with Gasteiger partial charge in [0.25, 0.3) is 0 Å². The standard InChI is InChI=1S/C18H24N2O4/c1-12(20-17(22)14-7-3-2-4-8-14)18(23)24-11-13-6-5-9-15(10-13)16(19)21/h5-6,9-10,12,14H,2-4,7-8,11H2,1H3,(H2,19,21)(H,20,22). The second kappa shape index (κ2) is 8.47. The molecule has 1 atom stereocenters. The van der Waals surface area contributed by atoms with Gasteiger partial charge in [-0.05, 0) is 37.5 Å². The Morgan fingerprint density at radius 3 is 2.62 bits per heavy atom. The number of esters is 1. The first-order valence-corrected chi connectivity index (χ1v) is 8.33. The van der Waals surface area contributed by atoms with Crippen molar-refractivity contribution in [3.63, 3.8) is 0 Å². The number of hydrogen-bond acceptors (Lipinski definition) is 4. The van der Waals surface area contributed by atoms with E-state index in [2.05, 4.69) is 5.32 Å². The third-order valence-electron chi connectivity index (χ3n) is 4.28. The summed E-state index contributed by atoms with van der Waals surface area (Å²) in [6, 6.07) is 5.91. The molecule has 6 nitrogen and oxygen atoms in total. The van der Waals surface area contributed by atoms with E-state index in [1.807, 2.05) is 0 Å². The average molecular weight is 332 g/mol. The van der Waals surface area contributed by atoms with Crippen LogP contribution in [-0.4, -0.2) is 23.8 Å². The van der Waals surface area contributed by atoms with Crippen LogP contribution >= 0.6 is 0 Å². The van der Waals surface area contributed by atoms with Crippen LogP contribution in [-0.2, 0) is 20.9 Å². The zero-order valence-corrected chi connectivity index (χ0v) is 13.9. The van der Waals surface area contributed by atoms with E-state index in [1.165, 1.54) is 6.42 Å². The number of amides is 2. The van der Waals surface area contributed by atoms with Gasteiger partial charge in [0, 0.05) is 11.5 Å². The van der Waals surface area contributed by atoms with Crippen molar-refractivity contribution in [2.45, 2.75) is 51.7 Å².